The van der Waals surface area contributed by atoms with Crippen molar-refractivity contribution in [3.8, 4) is 0 Å². The van der Waals surface area contributed by atoms with Crippen LogP contribution in [0.25, 0.3) is 0 Å². The van der Waals surface area contributed by atoms with E-state index in [1.165, 1.54) is 12.3 Å². The molecule has 3 heterocycles. The Morgan fingerprint density at radius 2 is 1.86 bits per heavy atom. The van der Waals surface area contributed by atoms with Gasteiger partial charge >= 0.3 is 23.8 Å². The molecular weight excluding hydrogens is 464 g/mol. The van der Waals surface area contributed by atoms with Crippen molar-refractivity contribution in [1.29, 1.82) is 0 Å². The normalized spacial score (nSPS) is 23.7. The van der Waals surface area contributed by atoms with Crippen LogP contribution in [-0.4, -0.2) is 58.6 Å². The lowest BCUT2D eigenvalue weighted by Gasteiger charge is -2.19. The summed E-state index contributed by atoms with van der Waals surface area (Å²) in [7, 11) is 0. The smallest absolute Gasteiger partial charge is 0.459 e. The summed E-state index contributed by atoms with van der Waals surface area (Å²) in [6, 6.07) is 8.84. The van der Waals surface area contributed by atoms with E-state index in [2.05, 4.69) is 10.5 Å². The molecule has 0 bridgehead atoms. The van der Waals surface area contributed by atoms with E-state index >= 15 is 0 Å². The predicted octanol–water partition coefficient (Wildman–Crippen LogP) is 0.755. The molecule has 4 rings (SSSR count). The SMILES string of the molecule is CC(C)[C@@H](N)C(=O)ONc1ccn([C@@H]2OC(COC(=O)c3ccccc3)[C@H]3OC(=O)O[C@H]32)c(=O)n1. The van der Waals surface area contributed by atoms with E-state index < -0.39 is 54.4 Å². The Hall–Kier alpha value is -3.97. The second-order valence-electron chi connectivity index (χ2n) is 8.24. The molecule has 1 aromatic carbocycles. The van der Waals surface area contributed by atoms with Crippen molar-refractivity contribution >= 4 is 23.9 Å². The number of carbonyl (C=O) groups is 3. The number of hydrogen-bond donors (Lipinski definition) is 2. The van der Waals surface area contributed by atoms with Crippen LogP contribution < -0.4 is 16.9 Å². The fourth-order valence-electron chi connectivity index (χ4n) is 3.51. The minimum Gasteiger partial charge on any atom is -0.459 e. The number of anilines is 1. The minimum absolute atomic E-state index is 0.0434. The number of nitrogens with one attached hydrogen (secondary N) is 1. The molecule has 0 saturated carbocycles. The number of fused-ring (bicyclic) bond motifs is 1. The van der Waals surface area contributed by atoms with Crippen LogP contribution in [0.15, 0.2) is 47.4 Å². The molecule has 3 N–H and O–H groups in total. The summed E-state index contributed by atoms with van der Waals surface area (Å²) >= 11 is 0. The molecule has 2 aliphatic heterocycles. The van der Waals surface area contributed by atoms with Gasteiger partial charge in [-0.1, -0.05) is 32.0 Å². The monoisotopic (exact) mass is 488 g/mol. The van der Waals surface area contributed by atoms with Crippen LogP contribution in [0.3, 0.4) is 0 Å². The number of nitrogens with two attached hydrogens (primary N) is 1. The Kier molecular flexibility index (Phi) is 6.98. The third-order valence-corrected chi connectivity index (χ3v) is 5.49. The Balaban J connectivity index is 1.43. The summed E-state index contributed by atoms with van der Waals surface area (Å²) in [6.07, 6.45) is -3.45. The number of aromatic nitrogens is 2. The number of nitrogens with zero attached hydrogens (tertiary/aromatic N) is 2. The van der Waals surface area contributed by atoms with Gasteiger partial charge in [-0.15, -0.1) is 0 Å². The molecule has 13 heteroatoms. The first-order valence-electron chi connectivity index (χ1n) is 10.8. The standard InChI is InChI=1S/C22H24N4O9/c1-11(2)15(23)20(28)35-25-14-8-9-26(21(29)24-14)18-17-16(33-22(30)34-17)13(32-18)10-31-19(27)12-6-4-3-5-7-12/h3-9,11,13,15-18H,10,23H2,1-2H3,(H,24,25,29)/t13?,15-,16-,17-,18-/m1/s1. The summed E-state index contributed by atoms with van der Waals surface area (Å²) in [5.74, 6) is -1.48. The third-order valence-electron chi connectivity index (χ3n) is 5.49. The topological polar surface area (TPSA) is 170 Å². The van der Waals surface area contributed by atoms with Gasteiger partial charge in [0.15, 0.2) is 24.3 Å². The number of benzene rings is 1. The van der Waals surface area contributed by atoms with Gasteiger partial charge < -0.3 is 29.5 Å². The maximum atomic E-state index is 12.6. The van der Waals surface area contributed by atoms with Gasteiger partial charge in [-0.3, -0.25) is 4.57 Å². The Bertz CT molecular complexity index is 1150. The van der Waals surface area contributed by atoms with Crippen molar-refractivity contribution in [2.45, 2.75) is 44.4 Å². The highest BCUT2D eigenvalue weighted by Gasteiger charge is 2.55. The summed E-state index contributed by atoms with van der Waals surface area (Å²) in [5.41, 5.74) is 7.56. The van der Waals surface area contributed by atoms with Gasteiger partial charge in [0.05, 0.1) is 5.56 Å². The summed E-state index contributed by atoms with van der Waals surface area (Å²) in [6.45, 7) is 3.28. The highest BCUT2D eigenvalue weighted by molar-refractivity contribution is 5.89. The first-order chi connectivity index (χ1) is 16.7. The number of carbonyl (C=O) groups excluding carboxylic acids is 3. The molecule has 0 spiro atoms. The predicted molar refractivity (Wildman–Crippen MR) is 117 cm³/mol. The van der Waals surface area contributed by atoms with Crippen LogP contribution >= 0.6 is 0 Å². The van der Waals surface area contributed by atoms with Gasteiger partial charge in [-0.2, -0.15) is 4.98 Å². The molecule has 0 aliphatic carbocycles. The fraction of sp³-hybridized carbons (Fsp3) is 0.409. The Labute approximate surface area is 199 Å². The highest BCUT2D eigenvalue weighted by Crippen LogP contribution is 2.37. The maximum absolute atomic E-state index is 12.6. The first kappa shape index (κ1) is 24.2. The quantitative estimate of drug-likeness (QED) is 0.304. The summed E-state index contributed by atoms with van der Waals surface area (Å²) < 4.78 is 22.6. The van der Waals surface area contributed by atoms with Crippen molar-refractivity contribution in [1.82, 2.24) is 9.55 Å². The van der Waals surface area contributed by atoms with Crippen LogP contribution in [0.5, 0.6) is 0 Å². The maximum Gasteiger partial charge on any atom is 0.509 e. The van der Waals surface area contributed by atoms with Crippen LogP contribution in [0, 0.1) is 5.92 Å². The fourth-order valence-corrected chi connectivity index (χ4v) is 3.51. The van der Waals surface area contributed by atoms with Crippen LogP contribution in [-0.2, 0) is 28.6 Å². The zero-order valence-electron chi connectivity index (χ0n) is 18.9. The van der Waals surface area contributed by atoms with Crippen molar-refractivity contribution in [2.24, 2.45) is 11.7 Å². The molecule has 13 nitrogen and oxygen atoms in total. The van der Waals surface area contributed by atoms with Gasteiger partial charge in [0, 0.05) is 12.3 Å². The lowest BCUT2D eigenvalue weighted by atomic mass is 10.1. The molecule has 2 aliphatic rings. The van der Waals surface area contributed by atoms with E-state index in [9.17, 15) is 19.2 Å². The first-order valence-corrected chi connectivity index (χ1v) is 10.8. The largest absolute Gasteiger partial charge is 0.509 e. The molecule has 0 radical (unpaired) electrons. The van der Waals surface area contributed by atoms with Gasteiger partial charge in [0.25, 0.3) is 0 Å². The molecule has 1 aromatic heterocycles. The molecular formula is C22H24N4O9. The minimum atomic E-state index is -1.09. The second kappa shape index (κ2) is 10.1. The zero-order valence-corrected chi connectivity index (χ0v) is 18.9. The van der Waals surface area contributed by atoms with Gasteiger partial charge in [-0.05, 0) is 18.1 Å². The average Bonchev–Trinajstić information content (AvgIpc) is 3.38. The molecule has 186 valence electrons. The number of hydrogen-bond acceptors (Lipinski definition) is 12. The number of ether oxygens (including phenoxy) is 4. The van der Waals surface area contributed by atoms with E-state index in [-0.39, 0.29) is 18.3 Å². The molecule has 0 amide bonds. The van der Waals surface area contributed by atoms with E-state index in [1.807, 2.05) is 0 Å². The van der Waals surface area contributed by atoms with E-state index in [4.69, 9.17) is 29.5 Å². The molecule has 5 atom stereocenters. The number of rotatable bonds is 8. The lowest BCUT2D eigenvalue weighted by molar-refractivity contribution is -0.143. The van der Waals surface area contributed by atoms with Crippen LogP contribution in [0.4, 0.5) is 10.6 Å². The molecule has 35 heavy (non-hydrogen) atoms. The number of esters is 1. The molecule has 1 unspecified atom stereocenters. The van der Waals surface area contributed by atoms with Crippen LogP contribution in [0.2, 0.25) is 0 Å². The Morgan fingerprint density at radius 3 is 2.54 bits per heavy atom. The van der Waals surface area contributed by atoms with Gasteiger partial charge in [0.2, 0.25) is 0 Å². The third kappa shape index (κ3) is 5.25. The van der Waals surface area contributed by atoms with E-state index in [1.54, 1.807) is 44.2 Å². The van der Waals surface area contributed by atoms with Crippen molar-refractivity contribution in [2.75, 3.05) is 12.1 Å². The van der Waals surface area contributed by atoms with Gasteiger partial charge in [-0.25, -0.2) is 24.7 Å². The van der Waals surface area contributed by atoms with Crippen molar-refractivity contribution < 1.29 is 38.2 Å². The lowest BCUT2D eigenvalue weighted by Crippen LogP contribution is -2.38. The zero-order chi connectivity index (χ0) is 25.1. The summed E-state index contributed by atoms with van der Waals surface area (Å²) in [4.78, 5) is 57.2. The summed E-state index contributed by atoms with van der Waals surface area (Å²) in [5, 5.41) is 0. The molecule has 2 fully saturated rings. The van der Waals surface area contributed by atoms with Crippen LogP contribution in [0.1, 0.15) is 30.4 Å². The molecule has 2 aromatic rings. The van der Waals surface area contributed by atoms with Gasteiger partial charge in [0.1, 0.15) is 18.8 Å². The van der Waals surface area contributed by atoms with Crippen molar-refractivity contribution in [3.63, 3.8) is 0 Å². The van der Waals surface area contributed by atoms with E-state index in [0.717, 1.165) is 4.57 Å². The molecule has 2 saturated heterocycles. The highest BCUT2D eigenvalue weighted by atomic mass is 16.8. The Morgan fingerprint density at radius 1 is 1.14 bits per heavy atom. The van der Waals surface area contributed by atoms with E-state index in [0.29, 0.717) is 5.56 Å². The average molecular weight is 488 g/mol. The second-order valence-corrected chi connectivity index (χ2v) is 8.24. The van der Waals surface area contributed by atoms with Crippen molar-refractivity contribution in [3.05, 3.63) is 58.6 Å².